The summed E-state index contributed by atoms with van der Waals surface area (Å²) in [4.78, 5) is 0. The fourth-order valence-corrected chi connectivity index (χ4v) is 4.62. The third-order valence-electron chi connectivity index (χ3n) is 6.13. The fraction of sp³-hybridized carbons (Fsp3) is 0.667. The second-order valence-electron chi connectivity index (χ2n) is 6.64. The smallest absolute Gasteiger partial charge is 0.0361 e. The van der Waals surface area contributed by atoms with Gasteiger partial charge in [-0.25, -0.2) is 5.46 Å². The van der Waals surface area contributed by atoms with Gasteiger partial charge in [0.05, 0.1) is 0 Å². The molecule has 1 aromatic rings. The Labute approximate surface area is 120 Å². The lowest BCUT2D eigenvalue weighted by molar-refractivity contribution is 0.700. The summed E-state index contributed by atoms with van der Waals surface area (Å²) in [6.07, 6.45) is 3.35. The summed E-state index contributed by atoms with van der Waals surface area (Å²) in [5, 5.41) is 0. The van der Waals surface area contributed by atoms with Crippen molar-refractivity contribution in [2.75, 3.05) is 0 Å². The molecule has 0 saturated heterocycles. The van der Waals surface area contributed by atoms with Gasteiger partial charge in [0.1, 0.15) is 0 Å². The molecule has 19 heavy (non-hydrogen) atoms. The fourth-order valence-electron chi connectivity index (χ4n) is 4.62. The molecule has 0 aliphatic rings. The van der Waals surface area contributed by atoms with Gasteiger partial charge in [-0.3, -0.25) is 0 Å². The van der Waals surface area contributed by atoms with Crippen LogP contribution in [-0.2, 0) is 0 Å². The number of benzene rings is 1. The van der Waals surface area contributed by atoms with Crippen molar-refractivity contribution >= 4 is 11.6 Å². The summed E-state index contributed by atoms with van der Waals surface area (Å²) < 4.78 is 0. The average Bonchev–Trinajstić information content (AvgIpc) is 2.47. The predicted molar refractivity (Wildman–Crippen MR) is 91.0 cm³/mol. The van der Waals surface area contributed by atoms with E-state index in [4.69, 9.17) is 0 Å². The molecule has 108 valence electrons. The largest absolute Gasteiger partial charge is 0.209 e. The molecule has 0 saturated carbocycles. The van der Waals surface area contributed by atoms with Gasteiger partial charge in [0.2, 0.25) is 0 Å². The van der Waals surface area contributed by atoms with E-state index in [9.17, 15) is 0 Å². The highest BCUT2D eigenvalue weighted by atomic mass is 14.2. The lowest BCUT2D eigenvalue weighted by Gasteiger charge is -2.55. The van der Waals surface area contributed by atoms with Gasteiger partial charge in [0.15, 0.2) is 0 Å². The standard InChI is InChI=1S/C18H32B/c1-7-15(4)19(16(5)8-2,17(6)9-3)18-13-11-10-12-14-18/h10-17H,7-9H2,1-6H3/q-1. The molecule has 0 nitrogen and oxygen atoms in total. The Morgan fingerprint density at radius 3 is 1.42 bits per heavy atom. The first-order chi connectivity index (χ1) is 9.05. The van der Waals surface area contributed by atoms with Gasteiger partial charge in [-0.15, -0.1) is 0 Å². The highest BCUT2D eigenvalue weighted by molar-refractivity contribution is 6.95. The Morgan fingerprint density at radius 1 is 0.737 bits per heavy atom. The van der Waals surface area contributed by atoms with Crippen LogP contribution in [0.3, 0.4) is 0 Å². The summed E-state index contributed by atoms with van der Waals surface area (Å²) in [6.45, 7) is 14.5. The number of rotatable bonds is 7. The zero-order chi connectivity index (χ0) is 14.5. The molecule has 0 aromatic heterocycles. The third-order valence-corrected chi connectivity index (χ3v) is 6.13. The first-order valence-electron chi connectivity index (χ1n) is 8.28. The minimum absolute atomic E-state index is 0.491. The van der Waals surface area contributed by atoms with Crippen molar-refractivity contribution in [1.29, 1.82) is 0 Å². The van der Waals surface area contributed by atoms with Crippen molar-refractivity contribution in [1.82, 2.24) is 0 Å². The van der Waals surface area contributed by atoms with E-state index in [2.05, 4.69) is 71.9 Å². The van der Waals surface area contributed by atoms with Gasteiger partial charge >= 0.3 is 0 Å². The van der Waals surface area contributed by atoms with Crippen LogP contribution in [0.2, 0.25) is 17.5 Å². The van der Waals surface area contributed by atoms with Crippen LogP contribution < -0.4 is 5.46 Å². The highest BCUT2D eigenvalue weighted by Crippen LogP contribution is 2.45. The van der Waals surface area contributed by atoms with Gasteiger partial charge in [0, 0.05) is 6.15 Å². The van der Waals surface area contributed by atoms with Crippen LogP contribution in [0.15, 0.2) is 30.3 Å². The molecule has 0 radical (unpaired) electrons. The SMILES string of the molecule is CCC(C)[B-](c1ccccc1)(C(C)CC)C(C)CC. The molecule has 0 fully saturated rings. The molecule has 3 atom stereocenters. The highest BCUT2D eigenvalue weighted by Gasteiger charge is 2.38. The van der Waals surface area contributed by atoms with E-state index in [0.29, 0.717) is 0 Å². The predicted octanol–water partition coefficient (Wildman–Crippen LogP) is 5.74. The molecule has 0 aliphatic heterocycles. The van der Waals surface area contributed by atoms with Gasteiger partial charge < -0.3 is 0 Å². The van der Waals surface area contributed by atoms with E-state index in [1.54, 1.807) is 5.46 Å². The lowest BCUT2D eigenvalue weighted by atomic mass is 9.06. The Kier molecular flexibility index (Phi) is 6.17. The van der Waals surface area contributed by atoms with E-state index in [1.807, 2.05) is 0 Å². The average molecular weight is 259 g/mol. The Hall–Kier alpha value is -0.715. The molecule has 0 heterocycles. The molecule has 1 aromatic carbocycles. The van der Waals surface area contributed by atoms with Crippen molar-refractivity contribution in [3.63, 3.8) is 0 Å². The van der Waals surface area contributed by atoms with E-state index < -0.39 is 6.15 Å². The van der Waals surface area contributed by atoms with Gasteiger partial charge in [-0.2, -0.15) is 17.5 Å². The molecule has 1 rings (SSSR count). The van der Waals surface area contributed by atoms with Crippen molar-refractivity contribution in [2.45, 2.75) is 78.3 Å². The van der Waals surface area contributed by atoms with Gasteiger partial charge in [0.25, 0.3) is 0 Å². The molecule has 0 bridgehead atoms. The van der Waals surface area contributed by atoms with Crippen molar-refractivity contribution < 1.29 is 0 Å². The Morgan fingerprint density at radius 2 is 1.11 bits per heavy atom. The summed E-state index contributed by atoms with van der Waals surface area (Å²) in [5.41, 5.74) is 1.61. The quantitative estimate of drug-likeness (QED) is 0.547. The van der Waals surface area contributed by atoms with Crippen molar-refractivity contribution in [2.24, 2.45) is 0 Å². The number of hydrogen-bond donors (Lipinski definition) is 0. The zero-order valence-corrected chi connectivity index (χ0v) is 13.8. The van der Waals surface area contributed by atoms with Crippen LogP contribution in [0.4, 0.5) is 0 Å². The monoisotopic (exact) mass is 259 g/mol. The molecule has 1 heteroatoms. The normalized spacial score (nSPS) is 19.5. The molecular weight excluding hydrogens is 227 g/mol. The maximum absolute atomic E-state index is 2.48. The second-order valence-corrected chi connectivity index (χ2v) is 6.64. The second kappa shape index (κ2) is 7.17. The summed E-state index contributed by atoms with van der Waals surface area (Å²) in [7, 11) is 0. The maximum atomic E-state index is 2.48. The zero-order valence-electron chi connectivity index (χ0n) is 13.8. The van der Waals surface area contributed by atoms with Crippen molar-refractivity contribution in [3.8, 4) is 0 Å². The third kappa shape index (κ3) is 2.90. The van der Waals surface area contributed by atoms with E-state index >= 15 is 0 Å². The summed E-state index contributed by atoms with van der Waals surface area (Å²) >= 11 is 0. The van der Waals surface area contributed by atoms with E-state index in [0.717, 1.165) is 17.5 Å². The maximum Gasteiger partial charge on any atom is 0.0361 e. The summed E-state index contributed by atoms with van der Waals surface area (Å²) in [5.74, 6) is 2.35. The van der Waals surface area contributed by atoms with Crippen LogP contribution in [0, 0.1) is 0 Å². The minimum atomic E-state index is -0.491. The molecule has 0 N–H and O–H groups in total. The van der Waals surface area contributed by atoms with Crippen LogP contribution in [-0.4, -0.2) is 6.15 Å². The number of hydrogen-bond acceptors (Lipinski definition) is 0. The van der Waals surface area contributed by atoms with Crippen LogP contribution in [0.25, 0.3) is 0 Å². The molecule has 0 amide bonds. The van der Waals surface area contributed by atoms with Gasteiger partial charge in [-0.1, -0.05) is 91.1 Å². The van der Waals surface area contributed by atoms with Crippen molar-refractivity contribution in [3.05, 3.63) is 30.3 Å². The lowest BCUT2D eigenvalue weighted by Crippen LogP contribution is -2.57. The van der Waals surface area contributed by atoms with Crippen LogP contribution in [0.1, 0.15) is 60.8 Å². The van der Waals surface area contributed by atoms with Gasteiger partial charge in [-0.05, 0) is 0 Å². The summed E-state index contributed by atoms with van der Waals surface area (Å²) in [6, 6.07) is 11.3. The molecule has 0 spiro atoms. The van der Waals surface area contributed by atoms with Crippen LogP contribution >= 0.6 is 0 Å². The molecular formula is C18H32B-. The molecule has 3 unspecified atom stereocenters. The molecule has 0 aliphatic carbocycles. The van der Waals surface area contributed by atoms with Crippen LogP contribution in [0.5, 0.6) is 0 Å². The minimum Gasteiger partial charge on any atom is -0.209 e. The first-order valence-corrected chi connectivity index (χ1v) is 8.28. The topological polar surface area (TPSA) is 0 Å². The van der Waals surface area contributed by atoms with E-state index in [1.165, 1.54) is 19.3 Å². The van der Waals surface area contributed by atoms with E-state index in [-0.39, 0.29) is 0 Å². The Balaban J connectivity index is 3.43. The Bertz CT molecular complexity index is 331. The first kappa shape index (κ1) is 16.3.